The molecule has 0 fully saturated rings. The highest BCUT2D eigenvalue weighted by Gasteiger charge is 2.15. The van der Waals surface area contributed by atoms with Gasteiger partial charge < -0.3 is 9.88 Å². The van der Waals surface area contributed by atoms with Gasteiger partial charge in [0.1, 0.15) is 0 Å². The van der Waals surface area contributed by atoms with E-state index >= 15 is 0 Å². The standard InChI is InChI=1S/C21H17ClN4OS/c1-26-20(17-8-4-5-9-18(17)22)24-25-21(26)28-13-19(27)23-16-11-10-14-6-2-3-7-15(14)12-16/h2-12H,13H2,1H3,(H,23,27). The fourth-order valence-electron chi connectivity index (χ4n) is 2.91. The second kappa shape index (κ2) is 8.04. The molecule has 1 amide bonds. The van der Waals surface area contributed by atoms with Gasteiger partial charge in [-0.2, -0.15) is 0 Å². The summed E-state index contributed by atoms with van der Waals surface area (Å²) < 4.78 is 1.84. The first-order chi connectivity index (χ1) is 13.6. The number of benzene rings is 3. The van der Waals surface area contributed by atoms with Crippen molar-refractivity contribution in [3.63, 3.8) is 0 Å². The summed E-state index contributed by atoms with van der Waals surface area (Å²) in [6, 6.07) is 21.4. The fourth-order valence-corrected chi connectivity index (χ4v) is 3.84. The van der Waals surface area contributed by atoms with Crippen molar-refractivity contribution in [3.05, 3.63) is 71.8 Å². The molecule has 5 nitrogen and oxygen atoms in total. The van der Waals surface area contributed by atoms with Gasteiger partial charge in [0.25, 0.3) is 0 Å². The van der Waals surface area contributed by atoms with Crippen LogP contribution in [-0.2, 0) is 11.8 Å². The monoisotopic (exact) mass is 408 g/mol. The van der Waals surface area contributed by atoms with Gasteiger partial charge in [-0.05, 0) is 35.0 Å². The third-order valence-corrected chi connectivity index (χ3v) is 5.67. The van der Waals surface area contributed by atoms with Gasteiger partial charge in [-0.3, -0.25) is 4.79 Å². The Morgan fingerprint density at radius 3 is 2.61 bits per heavy atom. The lowest BCUT2D eigenvalue weighted by molar-refractivity contribution is -0.113. The molecule has 4 aromatic rings. The molecular weight excluding hydrogens is 392 g/mol. The Labute approximate surface area is 171 Å². The van der Waals surface area contributed by atoms with Crippen molar-refractivity contribution in [2.45, 2.75) is 5.16 Å². The number of halogens is 1. The van der Waals surface area contributed by atoms with Crippen LogP contribution >= 0.6 is 23.4 Å². The minimum atomic E-state index is -0.0948. The van der Waals surface area contributed by atoms with Crippen LogP contribution in [0.5, 0.6) is 0 Å². The first-order valence-electron chi connectivity index (χ1n) is 8.67. The van der Waals surface area contributed by atoms with Gasteiger partial charge in [-0.25, -0.2) is 0 Å². The average molecular weight is 409 g/mol. The zero-order valence-electron chi connectivity index (χ0n) is 15.1. The summed E-state index contributed by atoms with van der Waals surface area (Å²) in [5, 5.41) is 14.8. The summed E-state index contributed by atoms with van der Waals surface area (Å²) in [6.07, 6.45) is 0. The van der Waals surface area contributed by atoms with E-state index in [9.17, 15) is 4.79 Å². The lowest BCUT2D eigenvalue weighted by atomic mass is 10.1. The topological polar surface area (TPSA) is 59.8 Å². The Morgan fingerprint density at radius 1 is 1.04 bits per heavy atom. The molecule has 28 heavy (non-hydrogen) atoms. The van der Waals surface area contributed by atoms with Gasteiger partial charge in [-0.1, -0.05) is 65.8 Å². The van der Waals surface area contributed by atoms with E-state index in [-0.39, 0.29) is 11.7 Å². The van der Waals surface area contributed by atoms with Crippen LogP contribution in [0.25, 0.3) is 22.2 Å². The Kier molecular flexibility index (Phi) is 5.32. The fraction of sp³-hybridized carbons (Fsp3) is 0.0952. The third-order valence-electron chi connectivity index (χ3n) is 4.32. The molecular formula is C21H17ClN4OS. The Morgan fingerprint density at radius 2 is 1.79 bits per heavy atom. The molecule has 140 valence electrons. The zero-order chi connectivity index (χ0) is 19.5. The molecule has 0 unspecified atom stereocenters. The summed E-state index contributed by atoms with van der Waals surface area (Å²) in [6.45, 7) is 0. The first-order valence-corrected chi connectivity index (χ1v) is 10.0. The van der Waals surface area contributed by atoms with Gasteiger partial charge >= 0.3 is 0 Å². The highest BCUT2D eigenvalue weighted by atomic mass is 35.5. The lowest BCUT2D eigenvalue weighted by Crippen LogP contribution is -2.14. The molecule has 0 saturated carbocycles. The van der Waals surface area contributed by atoms with Crippen molar-refractivity contribution in [1.29, 1.82) is 0 Å². The number of amides is 1. The average Bonchev–Trinajstić information content (AvgIpc) is 3.07. The van der Waals surface area contributed by atoms with Crippen LogP contribution in [0.4, 0.5) is 5.69 Å². The molecule has 0 aliphatic heterocycles. The minimum Gasteiger partial charge on any atom is -0.325 e. The lowest BCUT2D eigenvalue weighted by Gasteiger charge is -2.07. The molecule has 0 saturated heterocycles. The molecule has 0 radical (unpaired) electrons. The number of aromatic nitrogens is 3. The number of carbonyl (C=O) groups excluding carboxylic acids is 1. The molecule has 0 spiro atoms. The Bertz CT molecular complexity index is 1160. The van der Waals surface area contributed by atoms with E-state index in [0.717, 1.165) is 22.0 Å². The van der Waals surface area contributed by atoms with Crippen molar-refractivity contribution >= 4 is 45.7 Å². The molecule has 7 heteroatoms. The maximum atomic E-state index is 12.4. The van der Waals surface area contributed by atoms with E-state index in [4.69, 9.17) is 11.6 Å². The number of thioether (sulfide) groups is 1. The van der Waals surface area contributed by atoms with E-state index < -0.39 is 0 Å². The number of hydrogen-bond donors (Lipinski definition) is 1. The summed E-state index contributed by atoms with van der Waals surface area (Å²) in [5.41, 5.74) is 1.59. The van der Waals surface area contributed by atoms with Gasteiger partial charge in [0.2, 0.25) is 5.91 Å². The van der Waals surface area contributed by atoms with Crippen molar-refractivity contribution in [1.82, 2.24) is 14.8 Å². The number of nitrogens with zero attached hydrogens (tertiary/aromatic N) is 3. The predicted molar refractivity (Wildman–Crippen MR) is 115 cm³/mol. The van der Waals surface area contributed by atoms with Crippen LogP contribution in [0.2, 0.25) is 5.02 Å². The molecule has 1 aromatic heterocycles. The molecule has 4 rings (SSSR count). The maximum Gasteiger partial charge on any atom is 0.234 e. The molecule has 0 bridgehead atoms. The molecule has 3 aromatic carbocycles. The molecule has 1 heterocycles. The highest BCUT2D eigenvalue weighted by molar-refractivity contribution is 7.99. The number of rotatable bonds is 5. The SMILES string of the molecule is Cn1c(SCC(=O)Nc2ccc3ccccc3c2)nnc1-c1ccccc1Cl. The Hall–Kier alpha value is -2.83. The minimum absolute atomic E-state index is 0.0948. The van der Waals surface area contributed by atoms with Crippen LogP contribution in [0.15, 0.2) is 71.9 Å². The quantitative estimate of drug-likeness (QED) is 0.471. The van der Waals surface area contributed by atoms with Gasteiger partial charge in [0, 0.05) is 18.3 Å². The smallest absolute Gasteiger partial charge is 0.234 e. The van der Waals surface area contributed by atoms with Gasteiger partial charge in [0.05, 0.1) is 10.8 Å². The predicted octanol–water partition coefficient (Wildman–Crippen LogP) is 5.02. The second-order valence-corrected chi connectivity index (χ2v) is 7.59. The van der Waals surface area contributed by atoms with Gasteiger partial charge in [-0.15, -0.1) is 10.2 Å². The second-order valence-electron chi connectivity index (χ2n) is 6.24. The number of hydrogen-bond acceptors (Lipinski definition) is 4. The van der Waals surface area contributed by atoms with E-state index in [1.165, 1.54) is 11.8 Å². The molecule has 1 N–H and O–H groups in total. The summed E-state index contributed by atoms with van der Waals surface area (Å²) in [5.74, 6) is 0.812. The van der Waals surface area contributed by atoms with Crippen LogP contribution < -0.4 is 5.32 Å². The van der Waals surface area contributed by atoms with Crippen LogP contribution in [-0.4, -0.2) is 26.4 Å². The molecule has 0 aliphatic carbocycles. The number of nitrogens with one attached hydrogen (secondary N) is 1. The van der Waals surface area contributed by atoms with E-state index in [1.807, 2.05) is 78.3 Å². The van der Waals surface area contributed by atoms with Crippen LogP contribution in [0, 0.1) is 0 Å². The molecule has 0 atom stereocenters. The van der Waals surface area contributed by atoms with Crippen molar-refractivity contribution in [2.24, 2.45) is 7.05 Å². The van der Waals surface area contributed by atoms with Crippen LogP contribution in [0.3, 0.4) is 0 Å². The summed E-state index contributed by atoms with van der Waals surface area (Å²) >= 11 is 7.58. The van der Waals surface area contributed by atoms with Crippen LogP contribution in [0.1, 0.15) is 0 Å². The van der Waals surface area contributed by atoms with E-state index in [2.05, 4.69) is 15.5 Å². The van der Waals surface area contributed by atoms with Crippen molar-refractivity contribution in [3.8, 4) is 11.4 Å². The number of carbonyl (C=O) groups is 1. The zero-order valence-corrected chi connectivity index (χ0v) is 16.7. The largest absolute Gasteiger partial charge is 0.325 e. The number of anilines is 1. The summed E-state index contributed by atoms with van der Waals surface area (Å²) in [7, 11) is 1.86. The number of fused-ring (bicyclic) bond motifs is 1. The van der Waals surface area contributed by atoms with Crippen molar-refractivity contribution < 1.29 is 4.79 Å². The van der Waals surface area contributed by atoms with E-state index in [1.54, 1.807) is 0 Å². The first kappa shape index (κ1) is 18.5. The van der Waals surface area contributed by atoms with E-state index in [0.29, 0.717) is 16.0 Å². The molecule has 0 aliphatic rings. The highest BCUT2D eigenvalue weighted by Crippen LogP contribution is 2.28. The Balaban J connectivity index is 1.43. The summed E-state index contributed by atoms with van der Waals surface area (Å²) in [4.78, 5) is 12.4. The van der Waals surface area contributed by atoms with Crippen molar-refractivity contribution in [2.75, 3.05) is 11.1 Å². The maximum absolute atomic E-state index is 12.4. The normalized spacial score (nSPS) is 10.9. The third kappa shape index (κ3) is 3.88. The van der Waals surface area contributed by atoms with Gasteiger partial charge in [0.15, 0.2) is 11.0 Å².